The van der Waals surface area contributed by atoms with Crippen LogP contribution in [0.15, 0.2) is 24.5 Å². The van der Waals surface area contributed by atoms with Crippen molar-refractivity contribution in [1.82, 2.24) is 15.2 Å². The zero-order valence-corrected chi connectivity index (χ0v) is 10.7. The van der Waals surface area contributed by atoms with Crippen molar-refractivity contribution in [1.29, 1.82) is 0 Å². The van der Waals surface area contributed by atoms with Crippen molar-refractivity contribution in [3.05, 3.63) is 30.1 Å². The largest absolute Gasteiger partial charge is 0.317 e. The van der Waals surface area contributed by atoms with Gasteiger partial charge in [0.25, 0.3) is 0 Å². The number of piperidine rings is 1. The van der Waals surface area contributed by atoms with Crippen molar-refractivity contribution < 1.29 is 0 Å². The van der Waals surface area contributed by atoms with Crippen LogP contribution in [0.1, 0.15) is 25.3 Å². The van der Waals surface area contributed by atoms with Crippen molar-refractivity contribution >= 4 is 0 Å². The molecule has 1 aliphatic rings. The SMILES string of the molecule is CCNCC1CCCN(Cc2cccnc2)C1. The number of hydrogen-bond acceptors (Lipinski definition) is 3. The highest BCUT2D eigenvalue weighted by atomic mass is 15.1. The molecule has 0 aromatic carbocycles. The summed E-state index contributed by atoms with van der Waals surface area (Å²) < 4.78 is 0. The Kier molecular flexibility index (Phi) is 4.95. The summed E-state index contributed by atoms with van der Waals surface area (Å²) in [7, 11) is 0. The second kappa shape index (κ2) is 6.72. The van der Waals surface area contributed by atoms with Gasteiger partial charge in [-0.15, -0.1) is 0 Å². The highest BCUT2D eigenvalue weighted by Gasteiger charge is 2.19. The van der Waals surface area contributed by atoms with Gasteiger partial charge in [-0.05, 0) is 50.0 Å². The highest BCUT2D eigenvalue weighted by molar-refractivity contribution is 5.08. The fourth-order valence-electron chi connectivity index (χ4n) is 2.56. The first-order valence-electron chi connectivity index (χ1n) is 6.70. The van der Waals surface area contributed by atoms with E-state index in [4.69, 9.17) is 0 Å². The topological polar surface area (TPSA) is 28.2 Å². The van der Waals surface area contributed by atoms with E-state index in [1.54, 1.807) is 0 Å². The summed E-state index contributed by atoms with van der Waals surface area (Å²) in [5, 5.41) is 3.46. The number of hydrogen-bond donors (Lipinski definition) is 1. The highest BCUT2D eigenvalue weighted by Crippen LogP contribution is 2.17. The molecule has 1 aromatic heterocycles. The molecule has 0 aliphatic carbocycles. The van der Waals surface area contributed by atoms with Crippen molar-refractivity contribution in [2.24, 2.45) is 5.92 Å². The van der Waals surface area contributed by atoms with Crippen molar-refractivity contribution in [2.75, 3.05) is 26.2 Å². The van der Waals surface area contributed by atoms with Crippen LogP contribution in [0.3, 0.4) is 0 Å². The lowest BCUT2D eigenvalue weighted by atomic mass is 9.97. The van der Waals surface area contributed by atoms with Gasteiger partial charge in [-0.3, -0.25) is 9.88 Å². The van der Waals surface area contributed by atoms with Gasteiger partial charge in [-0.25, -0.2) is 0 Å². The third-order valence-corrected chi connectivity index (χ3v) is 3.42. The first-order valence-corrected chi connectivity index (χ1v) is 6.70. The summed E-state index contributed by atoms with van der Waals surface area (Å²) in [6, 6.07) is 4.19. The molecule has 0 bridgehead atoms. The van der Waals surface area contributed by atoms with Crippen LogP contribution in [0, 0.1) is 5.92 Å². The Hall–Kier alpha value is -0.930. The molecule has 17 heavy (non-hydrogen) atoms. The molecule has 1 fully saturated rings. The van der Waals surface area contributed by atoms with Crippen LogP contribution in [0.5, 0.6) is 0 Å². The number of pyridine rings is 1. The lowest BCUT2D eigenvalue weighted by Gasteiger charge is -2.32. The molecular formula is C14H23N3. The van der Waals surface area contributed by atoms with Crippen LogP contribution in [0.25, 0.3) is 0 Å². The number of rotatable bonds is 5. The molecule has 0 spiro atoms. The Morgan fingerprint density at radius 1 is 1.53 bits per heavy atom. The quantitative estimate of drug-likeness (QED) is 0.842. The lowest BCUT2D eigenvalue weighted by Crippen LogP contribution is -2.39. The first-order chi connectivity index (χ1) is 8.38. The minimum absolute atomic E-state index is 0.820. The minimum atomic E-state index is 0.820. The average Bonchev–Trinajstić information content (AvgIpc) is 2.38. The van der Waals surface area contributed by atoms with Crippen LogP contribution in [0.2, 0.25) is 0 Å². The van der Waals surface area contributed by atoms with Gasteiger partial charge in [0.2, 0.25) is 0 Å². The van der Waals surface area contributed by atoms with Gasteiger partial charge >= 0.3 is 0 Å². The van der Waals surface area contributed by atoms with E-state index in [1.807, 2.05) is 18.5 Å². The van der Waals surface area contributed by atoms with E-state index in [0.717, 1.165) is 19.0 Å². The molecular weight excluding hydrogens is 210 g/mol. The molecule has 2 rings (SSSR count). The molecule has 0 saturated carbocycles. The molecule has 1 N–H and O–H groups in total. The van der Waals surface area contributed by atoms with Gasteiger partial charge in [0.05, 0.1) is 0 Å². The van der Waals surface area contributed by atoms with Crippen LogP contribution in [0.4, 0.5) is 0 Å². The first kappa shape index (κ1) is 12.5. The number of aromatic nitrogens is 1. The van der Waals surface area contributed by atoms with E-state index in [-0.39, 0.29) is 0 Å². The van der Waals surface area contributed by atoms with Gasteiger partial charge in [0, 0.05) is 25.5 Å². The molecule has 1 unspecified atom stereocenters. The average molecular weight is 233 g/mol. The van der Waals surface area contributed by atoms with Crippen molar-refractivity contribution in [3.63, 3.8) is 0 Å². The maximum Gasteiger partial charge on any atom is 0.0312 e. The number of nitrogens with one attached hydrogen (secondary N) is 1. The number of likely N-dealkylation sites (tertiary alicyclic amines) is 1. The molecule has 1 saturated heterocycles. The zero-order valence-electron chi connectivity index (χ0n) is 10.7. The predicted molar refractivity (Wildman–Crippen MR) is 70.8 cm³/mol. The van der Waals surface area contributed by atoms with Crippen LogP contribution in [-0.4, -0.2) is 36.1 Å². The van der Waals surface area contributed by atoms with Crippen LogP contribution >= 0.6 is 0 Å². The zero-order chi connectivity index (χ0) is 11.9. The third kappa shape index (κ3) is 4.10. The Labute approximate surface area is 104 Å². The number of nitrogens with zero attached hydrogens (tertiary/aromatic N) is 2. The maximum absolute atomic E-state index is 4.18. The van der Waals surface area contributed by atoms with Crippen molar-refractivity contribution in [3.8, 4) is 0 Å². The van der Waals surface area contributed by atoms with E-state index < -0.39 is 0 Å². The smallest absolute Gasteiger partial charge is 0.0312 e. The maximum atomic E-state index is 4.18. The minimum Gasteiger partial charge on any atom is -0.317 e. The fraction of sp³-hybridized carbons (Fsp3) is 0.643. The summed E-state index contributed by atoms with van der Waals surface area (Å²) in [4.78, 5) is 6.74. The lowest BCUT2D eigenvalue weighted by molar-refractivity contribution is 0.165. The molecule has 2 heterocycles. The normalized spacial score (nSPS) is 21.6. The standard InChI is InChI=1S/C14H23N3/c1-2-15-9-14-6-4-8-17(12-14)11-13-5-3-7-16-10-13/h3,5,7,10,14-15H,2,4,6,8-9,11-12H2,1H3. The summed E-state index contributed by atoms with van der Waals surface area (Å²) in [6.45, 7) is 7.94. The van der Waals surface area contributed by atoms with E-state index in [1.165, 1.54) is 38.0 Å². The molecule has 3 nitrogen and oxygen atoms in total. The molecule has 94 valence electrons. The summed E-state index contributed by atoms with van der Waals surface area (Å²) in [5.74, 6) is 0.820. The van der Waals surface area contributed by atoms with Gasteiger partial charge in [-0.2, -0.15) is 0 Å². The van der Waals surface area contributed by atoms with Gasteiger partial charge in [-0.1, -0.05) is 13.0 Å². The van der Waals surface area contributed by atoms with Crippen LogP contribution in [-0.2, 0) is 6.54 Å². The molecule has 0 radical (unpaired) electrons. The Morgan fingerprint density at radius 3 is 3.24 bits per heavy atom. The summed E-state index contributed by atoms with van der Waals surface area (Å²) in [6.07, 6.45) is 6.52. The van der Waals surface area contributed by atoms with E-state index in [0.29, 0.717) is 0 Å². The molecule has 1 aliphatic heterocycles. The Morgan fingerprint density at radius 2 is 2.47 bits per heavy atom. The third-order valence-electron chi connectivity index (χ3n) is 3.42. The predicted octanol–water partition coefficient (Wildman–Crippen LogP) is 1.90. The summed E-state index contributed by atoms with van der Waals surface area (Å²) in [5.41, 5.74) is 1.33. The van der Waals surface area contributed by atoms with E-state index in [9.17, 15) is 0 Å². The Bertz CT molecular complexity index is 313. The molecule has 3 heteroatoms. The van der Waals surface area contributed by atoms with Gasteiger partial charge in [0.15, 0.2) is 0 Å². The van der Waals surface area contributed by atoms with E-state index >= 15 is 0 Å². The van der Waals surface area contributed by atoms with Gasteiger partial charge in [0.1, 0.15) is 0 Å². The van der Waals surface area contributed by atoms with Crippen molar-refractivity contribution in [2.45, 2.75) is 26.3 Å². The van der Waals surface area contributed by atoms with Crippen LogP contribution < -0.4 is 5.32 Å². The molecule has 0 amide bonds. The second-order valence-corrected chi connectivity index (χ2v) is 4.91. The monoisotopic (exact) mass is 233 g/mol. The second-order valence-electron chi connectivity index (χ2n) is 4.91. The Balaban J connectivity index is 1.81. The van der Waals surface area contributed by atoms with Gasteiger partial charge < -0.3 is 5.32 Å². The molecule has 1 atom stereocenters. The van der Waals surface area contributed by atoms with E-state index in [2.05, 4.69) is 28.2 Å². The fourth-order valence-corrected chi connectivity index (χ4v) is 2.56. The summed E-state index contributed by atoms with van der Waals surface area (Å²) >= 11 is 0. The molecule has 1 aromatic rings.